The van der Waals surface area contributed by atoms with Crippen molar-refractivity contribution < 1.29 is 14.0 Å². The molecule has 24 heavy (non-hydrogen) atoms. The van der Waals surface area contributed by atoms with Crippen LogP contribution in [0.1, 0.15) is 75.7 Å². The summed E-state index contributed by atoms with van der Waals surface area (Å²) in [5.74, 6) is 0.998. The van der Waals surface area contributed by atoms with Crippen LogP contribution in [0.3, 0.4) is 0 Å². The van der Waals surface area contributed by atoms with E-state index in [0.29, 0.717) is 36.0 Å². The number of carbonyl (C=O) groups excluding carboxylic acids is 1. The summed E-state index contributed by atoms with van der Waals surface area (Å²) in [5, 5.41) is 8.39. The van der Waals surface area contributed by atoms with Gasteiger partial charge in [0.25, 0.3) is 0 Å². The van der Waals surface area contributed by atoms with E-state index >= 15 is 0 Å². The average molecular weight is 400 g/mol. The number of ketones is 1. The molecule has 0 aromatic rings. The largest absolute Gasteiger partial charge is 0.390 e. The van der Waals surface area contributed by atoms with Crippen molar-refractivity contribution in [2.45, 2.75) is 77.2 Å². The van der Waals surface area contributed by atoms with Gasteiger partial charge in [0.05, 0.1) is 10.9 Å². The molecule has 0 unspecified atom stereocenters. The maximum atomic E-state index is 12.9. The smallest absolute Gasteiger partial charge is 0.147 e. The van der Waals surface area contributed by atoms with Crippen LogP contribution < -0.4 is 0 Å². The van der Waals surface area contributed by atoms with E-state index in [2.05, 4.69) is 22.9 Å². The number of halogens is 1. The van der Waals surface area contributed by atoms with Gasteiger partial charge in [-0.15, -0.1) is 0 Å². The third-order valence-electron chi connectivity index (χ3n) is 8.38. The molecule has 0 saturated heterocycles. The number of hydrogen-bond acceptors (Lipinski definition) is 2. The van der Waals surface area contributed by atoms with Crippen molar-refractivity contribution in [3.63, 3.8) is 0 Å². The van der Waals surface area contributed by atoms with Crippen molar-refractivity contribution in [1.82, 2.24) is 0 Å². The highest BCUT2D eigenvalue weighted by molar-refractivity contribution is 9.09. The van der Waals surface area contributed by atoms with Gasteiger partial charge in [-0.25, -0.2) is 0 Å². The Kier molecular flexibility index (Phi) is 3.60. The SMILES string of the molecule is [2H]C([2H])(Br)C(=O)[C@@]1([2H])CC[C@H]2[C@@H]3CC[C@@H]4C[C@](C)(O)CC[C@@H]4[C@H]3CC[C@@]21C. The number of carbonyl (C=O) groups is 1. The summed E-state index contributed by atoms with van der Waals surface area (Å²) in [6.45, 7) is 4.08. The summed E-state index contributed by atoms with van der Waals surface area (Å²) >= 11 is 2.90. The van der Waals surface area contributed by atoms with Crippen LogP contribution in [0, 0.1) is 40.9 Å². The van der Waals surface area contributed by atoms with Crippen LogP contribution in [0.15, 0.2) is 0 Å². The third kappa shape index (κ3) is 2.64. The number of Topliss-reactive ketones (excluding diaryl/α,β-unsaturated/α-hetero) is 1. The predicted molar refractivity (Wildman–Crippen MR) is 100 cm³/mol. The highest BCUT2D eigenvalue weighted by Crippen LogP contribution is 2.64. The minimum atomic E-state index is -2.11. The molecule has 0 aliphatic heterocycles. The first kappa shape index (κ1) is 14.2. The van der Waals surface area contributed by atoms with Crippen LogP contribution in [0.4, 0.5) is 0 Å². The Labute approximate surface area is 159 Å². The zero-order valence-corrected chi connectivity index (χ0v) is 16.6. The van der Waals surface area contributed by atoms with Crippen LogP contribution in [0.25, 0.3) is 0 Å². The van der Waals surface area contributed by atoms with Gasteiger partial charge in [-0.05, 0) is 99.7 Å². The van der Waals surface area contributed by atoms with Crippen molar-refractivity contribution in [2.75, 3.05) is 5.28 Å². The Morgan fingerprint density at radius 1 is 1.12 bits per heavy atom. The number of rotatable bonds is 2. The van der Waals surface area contributed by atoms with E-state index in [0.717, 1.165) is 51.4 Å². The van der Waals surface area contributed by atoms with E-state index in [-0.39, 0.29) is 0 Å². The van der Waals surface area contributed by atoms with Crippen LogP contribution in [0.5, 0.6) is 0 Å². The van der Waals surface area contributed by atoms with Gasteiger partial charge in [0.2, 0.25) is 0 Å². The Bertz CT molecular complexity index is 633. The molecule has 136 valence electrons. The predicted octanol–water partition coefficient (Wildman–Crippen LogP) is 4.97. The number of hydrogen-bond donors (Lipinski definition) is 1. The monoisotopic (exact) mass is 399 g/mol. The summed E-state index contributed by atoms with van der Waals surface area (Å²) in [6.07, 6.45) is 8.52. The standard InChI is InChI=1S/C21H33BrO2/c1-20(24)9-7-14-13(11-20)3-4-16-15(14)8-10-21(2)17(16)5-6-18(21)19(23)12-22/h13-18,24H,3-12H2,1-2H3/t13-,14+,15-,16-,17+,18-,20-,21+/m1/s1/i12D2,18D. The first-order chi connectivity index (χ1) is 12.4. The Balaban J connectivity index is 1.59. The fraction of sp³-hybridized carbons (Fsp3) is 0.952. The van der Waals surface area contributed by atoms with Crippen LogP contribution in [-0.4, -0.2) is 21.8 Å². The quantitative estimate of drug-likeness (QED) is 0.665. The van der Waals surface area contributed by atoms with E-state index in [1.807, 2.05) is 6.92 Å². The maximum absolute atomic E-state index is 12.9. The molecule has 3 heteroatoms. The van der Waals surface area contributed by atoms with E-state index in [1.54, 1.807) is 0 Å². The number of aliphatic hydroxyl groups is 1. The molecule has 1 N–H and O–H groups in total. The van der Waals surface area contributed by atoms with Gasteiger partial charge in [-0.3, -0.25) is 4.79 Å². The van der Waals surface area contributed by atoms with Crippen molar-refractivity contribution in [3.05, 3.63) is 0 Å². The van der Waals surface area contributed by atoms with Gasteiger partial charge in [-0.2, -0.15) is 0 Å². The van der Waals surface area contributed by atoms with E-state index in [1.165, 1.54) is 0 Å². The molecule has 0 spiro atoms. The fourth-order valence-corrected chi connectivity index (χ4v) is 7.56. The number of fused-ring (bicyclic) bond motifs is 5. The molecule has 4 fully saturated rings. The lowest BCUT2D eigenvalue weighted by Crippen LogP contribution is -2.51. The summed E-state index contributed by atoms with van der Waals surface area (Å²) in [7, 11) is 0. The van der Waals surface area contributed by atoms with E-state index in [4.69, 9.17) is 4.11 Å². The summed E-state index contributed by atoms with van der Waals surface area (Å²) in [6, 6.07) is 0. The molecular formula is C21H33BrO2. The molecule has 0 radical (unpaired) electrons. The second kappa shape index (κ2) is 6.08. The lowest BCUT2D eigenvalue weighted by Gasteiger charge is -2.56. The van der Waals surface area contributed by atoms with Gasteiger partial charge < -0.3 is 5.11 Å². The molecule has 0 aromatic carbocycles. The van der Waals surface area contributed by atoms with Gasteiger partial charge in [0.1, 0.15) is 5.78 Å². The molecule has 4 saturated carbocycles. The topological polar surface area (TPSA) is 37.3 Å². The summed E-state index contributed by atoms with van der Waals surface area (Å²) in [5.41, 5.74) is -0.923. The summed E-state index contributed by atoms with van der Waals surface area (Å²) < 4.78 is 24.8. The molecule has 0 heterocycles. The first-order valence-corrected chi connectivity index (χ1v) is 10.6. The third-order valence-corrected chi connectivity index (χ3v) is 8.74. The lowest BCUT2D eigenvalue weighted by atomic mass is 9.49. The van der Waals surface area contributed by atoms with Crippen molar-refractivity contribution in [2.24, 2.45) is 40.9 Å². The Morgan fingerprint density at radius 3 is 2.62 bits per heavy atom. The molecule has 4 aliphatic carbocycles. The molecular weight excluding hydrogens is 364 g/mol. The molecule has 0 aromatic heterocycles. The Hall–Kier alpha value is 0.110. The molecule has 2 nitrogen and oxygen atoms in total. The summed E-state index contributed by atoms with van der Waals surface area (Å²) in [4.78, 5) is 12.9. The average Bonchev–Trinajstić information content (AvgIpc) is 2.84. The normalized spacial score (nSPS) is 59.3. The molecule has 4 rings (SSSR count). The maximum Gasteiger partial charge on any atom is 0.147 e. The minimum Gasteiger partial charge on any atom is -0.390 e. The molecule has 4 aliphatic rings. The second-order valence-corrected chi connectivity index (χ2v) is 9.97. The van der Waals surface area contributed by atoms with E-state index in [9.17, 15) is 9.90 Å². The van der Waals surface area contributed by atoms with Gasteiger partial charge in [0.15, 0.2) is 0 Å². The van der Waals surface area contributed by atoms with Gasteiger partial charge >= 0.3 is 0 Å². The van der Waals surface area contributed by atoms with Crippen LogP contribution >= 0.6 is 15.9 Å². The molecule has 0 bridgehead atoms. The van der Waals surface area contributed by atoms with Crippen molar-refractivity contribution in [1.29, 1.82) is 0 Å². The Morgan fingerprint density at radius 2 is 1.88 bits per heavy atom. The second-order valence-electron chi connectivity index (χ2n) is 9.57. The van der Waals surface area contributed by atoms with Crippen LogP contribution in [-0.2, 0) is 4.79 Å². The molecule has 8 atom stereocenters. The van der Waals surface area contributed by atoms with Crippen molar-refractivity contribution in [3.8, 4) is 0 Å². The zero-order chi connectivity index (χ0) is 19.8. The highest BCUT2D eigenvalue weighted by Gasteiger charge is 2.58. The van der Waals surface area contributed by atoms with E-state index < -0.39 is 28.0 Å². The first-order valence-electron chi connectivity index (χ1n) is 11.4. The molecule has 0 amide bonds. The highest BCUT2D eigenvalue weighted by atomic mass is 79.9. The minimum absolute atomic E-state index is 0.357. The fourth-order valence-electron chi connectivity index (χ4n) is 7.32. The number of alkyl halides is 1. The zero-order valence-electron chi connectivity index (χ0n) is 18.0. The van der Waals surface area contributed by atoms with Gasteiger partial charge in [-0.1, -0.05) is 22.9 Å². The van der Waals surface area contributed by atoms with Gasteiger partial charge in [0, 0.05) is 10.0 Å². The van der Waals surface area contributed by atoms with Crippen molar-refractivity contribution >= 4 is 21.7 Å². The lowest BCUT2D eigenvalue weighted by molar-refractivity contribution is -0.129. The van der Waals surface area contributed by atoms with Crippen LogP contribution in [0.2, 0.25) is 0 Å².